The van der Waals surface area contributed by atoms with E-state index in [-0.39, 0.29) is 5.41 Å². The van der Waals surface area contributed by atoms with Gasteiger partial charge in [0.05, 0.1) is 34.2 Å². The summed E-state index contributed by atoms with van der Waals surface area (Å²) in [4.78, 5) is 27.2. The number of aromatic nitrogens is 4. The molecule has 0 saturated heterocycles. The van der Waals surface area contributed by atoms with Crippen LogP contribution in [0.1, 0.15) is 25.2 Å². The van der Waals surface area contributed by atoms with E-state index in [2.05, 4.69) is 43.8 Å². The quantitative estimate of drug-likeness (QED) is 0.359. The second-order valence-corrected chi connectivity index (χ2v) is 8.43. The predicted molar refractivity (Wildman–Crippen MR) is 134 cm³/mol. The molecule has 0 amide bonds. The van der Waals surface area contributed by atoms with E-state index in [9.17, 15) is 0 Å². The van der Waals surface area contributed by atoms with E-state index in [1.807, 2.05) is 85.2 Å². The smallest absolute Gasteiger partial charge is 0.0894 e. The van der Waals surface area contributed by atoms with Crippen LogP contribution in [0.2, 0.25) is 0 Å². The topological polar surface area (TPSA) is 76.3 Å². The van der Waals surface area contributed by atoms with E-state index >= 15 is 0 Å². The van der Waals surface area contributed by atoms with Crippen molar-refractivity contribution in [3.05, 3.63) is 96.6 Å². The Morgan fingerprint density at radius 2 is 1.06 bits per heavy atom. The predicted octanol–water partition coefficient (Wildman–Crippen LogP) is 5.16. The molecular formula is C27H26N6. The SMILES string of the molecule is CC(C)(CN=Cc1cccc(-c2ccccn2)n1)CN=Cc1cccc(-c2ccccn2)n1. The first-order valence-electron chi connectivity index (χ1n) is 10.9. The first-order chi connectivity index (χ1) is 16.1. The van der Waals surface area contributed by atoms with Crippen LogP contribution in [0.5, 0.6) is 0 Å². The lowest BCUT2D eigenvalue weighted by Crippen LogP contribution is -2.20. The lowest BCUT2D eigenvalue weighted by Gasteiger charge is -2.19. The Hall–Kier alpha value is -4.06. The van der Waals surface area contributed by atoms with Gasteiger partial charge in [-0.2, -0.15) is 0 Å². The first-order valence-corrected chi connectivity index (χ1v) is 10.9. The van der Waals surface area contributed by atoms with Crippen LogP contribution in [0, 0.1) is 5.41 Å². The minimum Gasteiger partial charge on any atom is -0.290 e. The molecule has 6 nitrogen and oxygen atoms in total. The molecule has 6 heteroatoms. The summed E-state index contributed by atoms with van der Waals surface area (Å²) in [5.74, 6) is 0. The van der Waals surface area contributed by atoms with Gasteiger partial charge in [0.25, 0.3) is 0 Å². The first kappa shape index (κ1) is 22.1. The zero-order valence-electron chi connectivity index (χ0n) is 18.8. The largest absolute Gasteiger partial charge is 0.290 e. The van der Waals surface area contributed by atoms with Crippen LogP contribution in [-0.4, -0.2) is 45.5 Å². The van der Waals surface area contributed by atoms with Gasteiger partial charge in [0.15, 0.2) is 0 Å². The van der Waals surface area contributed by atoms with Crippen molar-refractivity contribution < 1.29 is 0 Å². The van der Waals surface area contributed by atoms with Crippen LogP contribution >= 0.6 is 0 Å². The summed E-state index contributed by atoms with van der Waals surface area (Å²) in [7, 11) is 0. The summed E-state index contributed by atoms with van der Waals surface area (Å²) in [6.45, 7) is 5.58. The molecular weight excluding hydrogens is 408 g/mol. The van der Waals surface area contributed by atoms with Crippen LogP contribution in [-0.2, 0) is 0 Å². The highest BCUT2D eigenvalue weighted by Crippen LogP contribution is 2.17. The second-order valence-electron chi connectivity index (χ2n) is 8.43. The molecule has 0 fully saturated rings. The zero-order valence-corrected chi connectivity index (χ0v) is 18.8. The average Bonchev–Trinajstić information content (AvgIpc) is 2.85. The number of pyridine rings is 4. The van der Waals surface area contributed by atoms with E-state index in [4.69, 9.17) is 0 Å². The summed E-state index contributed by atoms with van der Waals surface area (Å²) < 4.78 is 0. The van der Waals surface area contributed by atoms with Gasteiger partial charge in [-0.25, -0.2) is 9.97 Å². The van der Waals surface area contributed by atoms with Gasteiger partial charge in [-0.15, -0.1) is 0 Å². The van der Waals surface area contributed by atoms with Crippen LogP contribution in [0.25, 0.3) is 22.8 Å². The van der Waals surface area contributed by atoms with Gasteiger partial charge in [0.2, 0.25) is 0 Å². The summed E-state index contributed by atoms with van der Waals surface area (Å²) in [5.41, 5.74) is 4.91. The molecule has 0 radical (unpaired) electrons. The molecule has 0 unspecified atom stereocenters. The molecule has 4 aromatic rings. The van der Waals surface area contributed by atoms with Gasteiger partial charge in [0.1, 0.15) is 0 Å². The van der Waals surface area contributed by atoms with Crippen molar-refractivity contribution >= 4 is 12.4 Å². The molecule has 4 aromatic heterocycles. The highest BCUT2D eigenvalue weighted by Gasteiger charge is 2.16. The number of hydrogen-bond donors (Lipinski definition) is 0. The van der Waals surface area contributed by atoms with E-state index in [1.165, 1.54) is 0 Å². The molecule has 4 rings (SSSR count). The lowest BCUT2D eigenvalue weighted by molar-refractivity contribution is 0.396. The van der Waals surface area contributed by atoms with Crippen molar-refractivity contribution in [1.29, 1.82) is 0 Å². The van der Waals surface area contributed by atoms with E-state index in [1.54, 1.807) is 12.4 Å². The number of aliphatic imine (C=N–C) groups is 2. The van der Waals surface area contributed by atoms with Crippen molar-refractivity contribution in [2.75, 3.05) is 13.1 Å². The van der Waals surface area contributed by atoms with Crippen LogP contribution in [0.15, 0.2) is 95.2 Å². The summed E-state index contributed by atoms with van der Waals surface area (Å²) in [5, 5.41) is 0. The third-order valence-corrected chi connectivity index (χ3v) is 4.88. The molecule has 0 spiro atoms. The highest BCUT2D eigenvalue weighted by molar-refractivity contribution is 5.78. The third kappa shape index (κ3) is 6.46. The minimum atomic E-state index is -0.0931. The lowest BCUT2D eigenvalue weighted by atomic mass is 9.94. The van der Waals surface area contributed by atoms with Gasteiger partial charge in [-0.3, -0.25) is 20.0 Å². The molecule has 0 atom stereocenters. The number of rotatable bonds is 8. The molecule has 0 aliphatic heterocycles. The van der Waals surface area contributed by atoms with Crippen LogP contribution in [0.3, 0.4) is 0 Å². The number of nitrogens with zero attached hydrogens (tertiary/aromatic N) is 6. The highest BCUT2D eigenvalue weighted by atomic mass is 14.8. The summed E-state index contributed by atoms with van der Waals surface area (Å²) in [6, 6.07) is 23.3. The fourth-order valence-corrected chi connectivity index (χ4v) is 3.18. The Morgan fingerprint density at radius 1 is 0.606 bits per heavy atom. The van der Waals surface area contributed by atoms with Gasteiger partial charge >= 0.3 is 0 Å². The van der Waals surface area contributed by atoms with E-state index < -0.39 is 0 Å². The van der Waals surface area contributed by atoms with Crippen molar-refractivity contribution in [2.24, 2.45) is 15.4 Å². The van der Waals surface area contributed by atoms with Gasteiger partial charge in [-0.1, -0.05) is 38.1 Å². The molecule has 4 heterocycles. The Labute approximate surface area is 194 Å². The van der Waals surface area contributed by atoms with Gasteiger partial charge in [-0.05, 0) is 48.5 Å². The maximum absolute atomic E-state index is 4.64. The molecule has 164 valence electrons. The summed E-state index contributed by atoms with van der Waals surface area (Å²) in [6.07, 6.45) is 7.17. The van der Waals surface area contributed by atoms with E-state index in [0.29, 0.717) is 13.1 Å². The normalized spacial score (nSPS) is 11.9. The third-order valence-electron chi connectivity index (χ3n) is 4.88. The summed E-state index contributed by atoms with van der Waals surface area (Å²) >= 11 is 0. The molecule has 0 saturated carbocycles. The van der Waals surface area contributed by atoms with Crippen molar-refractivity contribution in [3.63, 3.8) is 0 Å². The molecule has 0 bridgehead atoms. The number of hydrogen-bond acceptors (Lipinski definition) is 6. The molecule has 33 heavy (non-hydrogen) atoms. The fraction of sp³-hybridized carbons (Fsp3) is 0.185. The zero-order chi connectivity index (χ0) is 22.9. The Morgan fingerprint density at radius 3 is 1.48 bits per heavy atom. The molecule has 0 aliphatic carbocycles. The Balaban J connectivity index is 1.35. The molecule has 0 N–H and O–H groups in total. The van der Waals surface area contributed by atoms with E-state index in [0.717, 1.165) is 34.2 Å². The van der Waals surface area contributed by atoms with Gasteiger partial charge in [0, 0.05) is 43.3 Å². The van der Waals surface area contributed by atoms with Gasteiger partial charge < -0.3 is 0 Å². The Bertz CT molecular complexity index is 1140. The maximum Gasteiger partial charge on any atom is 0.0894 e. The molecule has 0 aromatic carbocycles. The average molecular weight is 435 g/mol. The fourth-order valence-electron chi connectivity index (χ4n) is 3.18. The Kier molecular flexibility index (Phi) is 7.05. The standard InChI is InChI=1S/C27H26N6/c1-27(2,19-28-17-21-9-7-13-25(32-21)23-11-3-5-15-30-23)20-29-18-22-10-8-14-26(33-22)24-12-4-6-16-31-24/h3-18H,19-20H2,1-2H3. The van der Waals surface area contributed by atoms with Crippen molar-refractivity contribution in [2.45, 2.75) is 13.8 Å². The van der Waals surface area contributed by atoms with Crippen molar-refractivity contribution in [3.8, 4) is 22.8 Å². The van der Waals surface area contributed by atoms with Crippen molar-refractivity contribution in [1.82, 2.24) is 19.9 Å². The second kappa shape index (κ2) is 10.5. The van der Waals surface area contributed by atoms with Crippen LogP contribution in [0.4, 0.5) is 0 Å². The minimum absolute atomic E-state index is 0.0931. The van der Waals surface area contributed by atoms with Crippen LogP contribution < -0.4 is 0 Å². The maximum atomic E-state index is 4.64. The molecule has 0 aliphatic rings. The monoisotopic (exact) mass is 434 g/mol.